The number of hydrogen-bond donors (Lipinski definition) is 1. The lowest BCUT2D eigenvalue weighted by molar-refractivity contribution is -0.384. The summed E-state index contributed by atoms with van der Waals surface area (Å²) in [7, 11) is -3.89. The Labute approximate surface area is 163 Å². The second-order valence-corrected chi connectivity index (χ2v) is 8.14. The molecule has 2 aromatic carbocycles. The molecule has 11 heteroatoms. The third-order valence-electron chi connectivity index (χ3n) is 3.73. The van der Waals surface area contributed by atoms with Gasteiger partial charge in [-0.3, -0.25) is 14.9 Å². The number of rotatable bonds is 4. The minimum Gasteiger partial charge on any atom is -0.305 e. The second-order valence-electron chi connectivity index (χ2n) is 5.57. The first-order valence-corrected chi connectivity index (χ1v) is 10.00. The Bertz CT molecular complexity index is 1330. The van der Waals surface area contributed by atoms with E-state index >= 15 is 0 Å². The molecule has 0 radical (unpaired) electrons. The third kappa shape index (κ3) is 3.84. The minimum absolute atomic E-state index is 0.0455. The summed E-state index contributed by atoms with van der Waals surface area (Å²) in [4.78, 5) is 26.9. The molecule has 1 amide bonds. The molecule has 0 saturated heterocycles. The molecule has 0 aliphatic rings. The Balaban J connectivity index is 2.17. The van der Waals surface area contributed by atoms with Crippen LogP contribution in [0.4, 0.5) is 5.69 Å². The van der Waals surface area contributed by atoms with Gasteiger partial charge in [0, 0.05) is 17.7 Å². The molecule has 3 aromatic rings. The monoisotopic (exact) mass is 416 g/mol. The van der Waals surface area contributed by atoms with Crippen LogP contribution < -0.4 is 9.94 Å². The number of nitro groups is 1. The van der Waals surface area contributed by atoms with Gasteiger partial charge in [0.25, 0.3) is 11.6 Å². The molecule has 0 bridgehead atoms. The van der Waals surface area contributed by atoms with Gasteiger partial charge in [0.2, 0.25) is 10.0 Å². The van der Waals surface area contributed by atoms with Crippen molar-refractivity contribution in [1.29, 1.82) is 0 Å². The Hall–Kier alpha value is -3.33. The maximum Gasteiger partial charge on any atom is 0.279 e. The topological polar surface area (TPSA) is 138 Å². The maximum atomic E-state index is 12.5. The lowest BCUT2D eigenvalue weighted by atomic mass is 10.2. The number of sulfonamides is 1. The molecule has 1 aromatic heterocycles. The zero-order valence-corrected chi connectivity index (χ0v) is 15.7. The second kappa shape index (κ2) is 7.35. The van der Waals surface area contributed by atoms with E-state index in [1.54, 1.807) is 4.57 Å². The van der Waals surface area contributed by atoms with Crippen LogP contribution in [0.3, 0.4) is 0 Å². The Morgan fingerprint density at radius 1 is 1.32 bits per heavy atom. The number of benzene rings is 2. The number of hydrogen-bond acceptors (Lipinski definition) is 6. The lowest BCUT2D eigenvalue weighted by Gasteiger charge is -2.01. The van der Waals surface area contributed by atoms with Gasteiger partial charge >= 0.3 is 0 Å². The normalized spacial score (nSPS) is 12.1. The van der Waals surface area contributed by atoms with Crippen molar-refractivity contribution in [3.05, 3.63) is 62.9 Å². The summed E-state index contributed by atoms with van der Waals surface area (Å²) in [5.74, 6) is 1.76. The Morgan fingerprint density at radius 3 is 2.71 bits per heavy atom. The summed E-state index contributed by atoms with van der Waals surface area (Å²) in [5, 5.41) is 16.0. The number of primary sulfonamides is 1. The van der Waals surface area contributed by atoms with Crippen LogP contribution in [0.15, 0.2) is 52.4 Å². The van der Waals surface area contributed by atoms with Gasteiger partial charge in [-0.05, 0) is 24.3 Å². The van der Waals surface area contributed by atoms with Crippen LogP contribution in [0.2, 0.25) is 0 Å². The number of fused-ring (bicyclic) bond motifs is 1. The summed E-state index contributed by atoms with van der Waals surface area (Å²) < 4.78 is 25.2. The van der Waals surface area contributed by atoms with Crippen LogP contribution in [0.1, 0.15) is 10.4 Å². The average molecular weight is 416 g/mol. The van der Waals surface area contributed by atoms with Crippen LogP contribution in [0.25, 0.3) is 10.2 Å². The van der Waals surface area contributed by atoms with E-state index in [9.17, 15) is 23.3 Å². The van der Waals surface area contributed by atoms with Crippen molar-refractivity contribution in [3.8, 4) is 12.3 Å². The van der Waals surface area contributed by atoms with Crippen molar-refractivity contribution in [2.24, 2.45) is 10.1 Å². The SMILES string of the molecule is C#CCn1c(=NC(=O)c2cccc([N+](=O)[O-])c2)sc2cc(S(N)(=O)=O)ccc21. The largest absolute Gasteiger partial charge is 0.305 e. The molecule has 28 heavy (non-hydrogen) atoms. The van der Waals surface area contributed by atoms with Crippen LogP contribution in [0.5, 0.6) is 0 Å². The summed E-state index contributed by atoms with van der Waals surface area (Å²) in [5.41, 5.74) is 0.400. The number of aromatic nitrogens is 1. The molecule has 0 fully saturated rings. The van der Waals surface area contributed by atoms with E-state index in [0.29, 0.717) is 10.2 Å². The highest BCUT2D eigenvalue weighted by molar-refractivity contribution is 7.89. The van der Waals surface area contributed by atoms with Crippen LogP contribution in [0, 0.1) is 22.5 Å². The van der Waals surface area contributed by atoms with Crippen LogP contribution in [-0.2, 0) is 16.6 Å². The van der Waals surface area contributed by atoms with Crippen molar-refractivity contribution < 1.29 is 18.1 Å². The van der Waals surface area contributed by atoms with E-state index < -0.39 is 20.9 Å². The number of nitro benzene ring substituents is 1. The first-order valence-electron chi connectivity index (χ1n) is 7.64. The summed E-state index contributed by atoms with van der Waals surface area (Å²) in [6.07, 6.45) is 5.39. The zero-order valence-electron chi connectivity index (χ0n) is 14.1. The van der Waals surface area contributed by atoms with Gasteiger partial charge in [-0.25, -0.2) is 13.6 Å². The molecule has 0 saturated carbocycles. The van der Waals surface area contributed by atoms with Gasteiger partial charge < -0.3 is 4.57 Å². The Morgan fingerprint density at radius 2 is 2.07 bits per heavy atom. The van der Waals surface area contributed by atoms with E-state index in [1.165, 1.54) is 36.4 Å². The number of carbonyl (C=O) groups excluding carboxylic acids is 1. The predicted octanol–water partition coefficient (Wildman–Crippen LogP) is 1.63. The highest BCUT2D eigenvalue weighted by Crippen LogP contribution is 2.21. The van der Waals surface area contributed by atoms with Gasteiger partial charge in [-0.1, -0.05) is 23.3 Å². The zero-order chi connectivity index (χ0) is 20.5. The van der Waals surface area contributed by atoms with E-state index in [-0.39, 0.29) is 27.5 Å². The number of terminal acetylenes is 1. The van der Waals surface area contributed by atoms with Gasteiger partial charge in [-0.2, -0.15) is 4.99 Å². The molecule has 3 rings (SSSR count). The molecular formula is C17H12N4O5S2. The number of carbonyl (C=O) groups is 1. The first-order chi connectivity index (χ1) is 13.2. The van der Waals surface area contributed by atoms with Gasteiger partial charge in [0.05, 0.1) is 26.6 Å². The van der Waals surface area contributed by atoms with E-state index in [4.69, 9.17) is 11.6 Å². The predicted molar refractivity (Wildman–Crippen MR) is 103 cm³/mol. The van der Waals surface area contributed by atoms with E-state index in [0.717, 1.165) is 17.4 Å². The number of amides is 1. The third-order valence-corrected chi connectivity index (χ3v) is 5.69. The van der Waals surface area contributed by atoms with Crippen LogP contribution >= 0.6 is 11.3 Å². The van der Waals surface area contributed by atoms with E-state index in [2.05, 4.69) is 10.9 Å². The molecule has 0 unspecified atom stereocenters. The van der Waals surface area contributed by atoms with Crippen molar-refractivity contribution in [2.75, 3.05) is 0 Å². The quantitative estimate of drug-likeness (QED) is 0.391. The van der Waals surface area contributed by atoms with Crippen LogP contribution in [-0.4, -0.2) is 23.8 Å². The van der Waals surface area contributed by atoms with Gasteiger partial charge in [0.15, 0.2) is 4.80 Å². The summed E-state index contributed by atoms with van der Waals surface area (Å²) in [6.45, 7) is 0.0930. The van der Waals surface area contributed by atoms with Gasteiger partial charge in [0.1, 0.15) is 0 Å². The molecule has 142 valence electrons. The molecule has 0 spiro atoms. The van der Waals surface area contributed by atoms with Crippen molar-refractivity contribution in [1.82, 2.24) is 4.57 Å². The highest BCUT2D eigenvalue weighted by Gasteiger charge is 2.14. The van der Waals surface area contributed by atoms with E-state index in [1.807, 2.05) is 0 Å². The molecule has 1 heterocycles. The van der Waals surface area contributed by atoms with Crippen molar-refractivity contribution in [2.45, 2.75) is 11.4 Å². The standard InChI is InChI=1S/C17H12N4O5S2/c1-2-8-20-14-7-6-13(28(18,25)26)10-15(14)27-17(20)19-16(22)11-4-3-5-12(9-11)21(23)24/h1,3-7,9-10H,8H2,(H2,18,25,26). The molecule has 9 nitrogen and oxygen atoms in total. The Kier molecular flexibility index (Phi) is 5.10. The number of non-ortho nitro benzene ring substituents is 1. The fourth-order valence-electron chi connectivity index (χ4n) is 2.46. The minimum atomic E-state index is -3.89. The number of nitrogens with two attached hydrogens (primary N) is 1. The van der Waals surface area contributed by atoms with Crippen molar-refractivity contribution >= 4 is 43.2 Å². The smallest absolute Gasteiger partial charge is 0.279 e. The molecule has 0 aliphatic carbocycles. The van der Waals surface area contributed by atoms with Gasteiger partial charge in [-0.15, -0.1) is 6.42 Å². The average Bonchev–Trinajstić information content (AvgIpc) is 2.98. The lowest BCUT2D eigenvalue weighted by Crippen LogP contribution is -2.16. The fraction of sp³-hybridized carbons (Fsp3) is 0.0588. The number of nitrogens with zero attached hydrogens (tertiary/aromatic N) is 3. The molecule has 0 atom stereocenters. The number of thiazole rings is 1. The highest BCUT2D eigenvalue weighted by atomic mass is 32.2. The maximum absolute atomic E-state index is 12.5. The van der Waals surface area contributed by atoms with Crippen molar-refractivity contribution in [3.63, 3.8) is 0 Å². The summed E-state index contributed by atoms with van der Waals surface area (Å²) in [6, 6.07) is 9.44. The fourth-order valence-corrected chi connectivity index (χ4v) is 4.15. The molecular weight excluding hydrogens is 404 g/mol. The molecule has 2 N–H and O–H groups in total. The summed E-state index contributed by atoms with van der Waals surface area (Å²) >= 11 is 1.05. The molecule has 0 aliphatic heterocycles. The first kappa shape index (κ1) is 19.4.